The van der Waals surface area contributed by atoms with Crippen molar-refractivity contribution in [1.29, 1.82) is 0 Å². The molecule has 1 aliphatic rings. The molecular weight excluding hydrogens is 414 g/mol. The molecule has 3 N–H and O–H groups in total. The van der Waals surface area contributed by atoms with E-state index in [1.54, 1.807) is 24.3 Å². The molecule has 0 spiro atoms. The van der Waals surface area contributed by atoms with E-state index in [2.05, 4.69) is 59.1 Å². The summed E-state index contributed by atoms with van der Waals surface area (Å²) in [7, 11) is 0. The Morgan fingerprint density at radius 3 is 2.48 bits per heavy atom. The van der Waals surface area contributed by atoms with Gasteiger partial charge < -0.3 is 16.0 Å². The highest BCUT2D eigenvalue weighted by molar-refractivity contribution is 6.35. The molecular formula is C27H25N3O3. The van der Waals surface area contributed by atoms with Crippen molar-refractivity contribution in [2.75, 3.05) is 6.54 Å². The molecule has 1 saturated carbocycles. The Morgan fingerprint density at radius 2 is 1.73 bits per heavy atom. The second-order valence-corrected chi connectivity index (χ2v) is 8.29. The quantitative estimate of drug-likeness (QED) is 0.408. The van der Waals surface area contributed by atoms with Crippen LogP contribution in [0.5, 0.6) is 0 Å². The molecule has 0 radical (unpaired) electrons. The van der Waals surface area contributed by atoms with Crippen molar-refractivity contribution >= 4 is 28.5 Å². The van der Waals surface area contributed by atoms with Gasteiger partial charge in [0.05, 0.1) is 12.1 Å². The van der Waals surface area contributed by atoms with Crippen LogP contribution in [0.15, 0.2) is 60.7 Å². The van der Waals surface area contributed by atoms with Gasteiger partial charge in [0.1, 0.15) is 0 Å². The van der Waals surface area contributed by atoms with Crippen molar-refractivity contribution in [3.05, 3.63) is 82.9 Å². The fraction of sp³-hybridized carbons (Fsp3) is 0.222. The summed E-state index contributed by atoms with van der Waals surface area (Å²) in [5.74, 6) is 0.423. The number of rotatable bonds is 6. The number of hydrogen-bond donors (Lipinski definition) is 3. The second-order valence-electron chi connectivity index (χ2n) is 8.29. The average Bonchev–Trinajstić information content (AvgIpc) is 3.60. The lowest BCUT2D eigenvalue weighted by molar-refractivity contribution is -0.139. The van der Waals surface area contributed by atoms with Gasteiger partial charge in [0.15, 0.2) is 0 Å². The first kappa shape index (κ1) is 22.1. The number of nitrogens with one attached hydrogen (secondary N) is 3. The molecule has 0 aliphatic heterocycles. The van der Waals surface area contributed by atoms with Crippen LogP contribution in [0.25, 0.3) is 10.8 Å². The van der Waals surface area contributed by atoms with E-state index in [9.17, 15) is 14.4 Å². The molecule has 0 unspecified atom stereocenters. The smallest absolute Gasteiger partial charge is 0.310 e. The largest absolute Gasteiger partial charge is 0.344 e. The third kappa shape index (κ3) is 4.73. The van der Waals surface area contributed by atoms with E-state index in [0.29, 0.717) is 11.1 Å². The molecule has 4 rings (SSSR count). The van der Waals surface area contributed by atoms with Gasteiger partial charge in [-0.15, -0.1) is 6.42 Å². The number of terminal acetylenes is 1. The van der Waals surface area contributed by atoms with Crippen molar-refractivity contribution in [1.82, 2.24) is 16.0 Å². The first-order valence-corrected chi connectivity index (χ1v) is 10.8. The van der Waals surface area contributed by atoms with Crippen molar-refractivity contribution in [3.8, 4) is 12.3 Å². The zero-order valence-corrected chi connectivity index (χ0v) is 18.4. The lowest BCUT2D eigenvalue weighted by Crippen LogP contribution is -2.40. The molecule has 33 heavy (non-hydrogen) atoms. The number of hydrogen-bond acceptors (Lipinski definition) is 3. The molecule has 6 heteroatoms. The lowest BCUT2D eigenvalue weighted by Gasteiger charge is -2.21. The average molecular weight is 440 g/mol. The molecule has 0 heterocycles. The molecule has 3 aromatic carbocycles. The first-order chi connectivity index (χ1) is 15.9. The summed E-state index contributed by atoms with van der Waals surface area (Å²) in [5.41, 5.74) is 2.99. The molecule has 1 aliphatic carbocycles. The summed E-state index contributed by atoms with van der Waals surface area (Å²) in [6, 6.07) is 19.6. The summed E-state index contributed by atoms with van der Waals surface area (Å²) in [6.45, 7) is 2.09. The van der Waals surface area contributed by atoms with Gasteiger partial charge in [0, 0.05) is 12.1 Å². The molecule has 166 valence electrons. The fourth-order valence-electron chi connectivity index (χ4n) is 4.06. The third-order valence-electron chi connectivity index (χ3n) is 5.91. The van der Waals surface area contributed by atoms with Crippen molar-refractivity contribution in [2.45, 2.75) is 31.8 Å². The van der Waals surface area contributed by atoms with Crippen LogP contribution in [0, 0.1) is 19.3 Å². The highest BCUT2D eigenvalue weighted by Crippen LogP contribution is 2.48. The van der Waals surface area contributed by atoms with Crippen LogP contribution < -0.4 is 16.0 Å². The predicted molar refractivity (Wildman–Crippen MR) is 127 cm³/mol. The maximum absolute atomic E-state index is 13.3. The highest BCUT2D eigenvalue weighted by Gasteiger charge is 2.46. The minimum Gasteiger partial charge on any atom is -0.344 e. The minimum absolute atomic E-state index is 0.0267. The van der Waals surface area contributed by atoms with Crippen LogP contribution in [0.2, 0.25) is 0 Å². The second kappa shape index (κ2) is 9.17. The molecule has 0 bridgehead atoms. The van der Waals surface area contributed by atoms with Gasteiger partial charge >= 0.3 is 11.8 Å². The molecule has 3 aromatic rings. The Labute approximate surface area is 192 Å². The number of benzene rings is 3. The number of carbonyl (C=O) groups is 3. The molecule has 0 saturated heterocycles. The standard InChI is InChI=1S/C27H25N3O3/c1-3-15-28-25(32)26(33)29-17-20-7-4-5-9-22(20)24(31)30-27(13-14-27)23-10-6-8-19-16-18(2)11-12-21(19)23/h1,4-12,16H,13-15,17H2,2H3,(H,28,32)(H,29,33)(H,30,31). The maximum atomic E-state index is 13.3. The predicted octanol–water partition coefficient (Wildman–Crippen LogP) is 2.93. The first-order valence-electron chi connectivity index (χ1n) is 10.8. The van der Waals surface area contributed by atoms with E-state index in [1.165, 1.54) is 5.56 Å². The van der Waals surface area contributed by atoms with Crippen LogP contribution in [-0.4, -0.2) is 24.3 Å². The Kier molecular flexibility index (Phi) is 6.14. The number of carbonyl (C=O) groups excluding carboxylic acids is 3. The van der Waals surface area contributed by atoms with Gasteiger partial charge in [0.2, 0.25) is 0 Å². The third-order valence-corrected chi connectivity index (χ3v) is 5.91. The zero-order chi connectivity index (χ0) is 23.4. The summed E-state index contributed by atoms with van der Waals surface area (Å²) >= 11 is 0. The van der Waals surface area contributed by atoms with Gasteiger partial charge in [-0.05, 0) is 47.7 Å². The molecule has 0 atom stereocenters. The highest BCUT2D eigenvalue weighted by atomic mass is 16.2. The molecule has 0 aromatic heterocycles. The monoisotopic (exact) mass is 439 g/mol. The summed E-state index contributed by atoms with van der Waals surface area (Å²) < 4.78 is 0. The zero-order valence-electron chi connectivity index (χ0n) is 18.4. The van der Waals surface area contributed by atoms with Crippen LogP contribution in [-0.2, 0) is 21.7 Å². The number of fused-ring (bicyclic) bond motifs is 1. The Hall–Kier alpha value is -4.11. The van der Waals surface area contributed by atoms with Crippen LogP contribution >= 0.6 is 0 Å². The van der Waals surface area contributed by atoms with Crippen molar-refractivity contribution < 1.29 is 14.4 Å². The van der Waals surface area contributed by atoms with Crippen LogP contribution in [0.4, 0.5) is 0 Å². The summed E-state index contributed by atoms with van der Waals surface area (Å²) in [5, 5.41) is 10.4. The molecule has 6 nitrogen and oxygen atoms in total. The van der Waals surface area contributed by atoms with Gasteiger partial charge in [0.25, 0.3) is 5.91 Å². The lowest BCUT2D eigenvalue weighted by atomic mass is 9.95. The van der Waals surface area contributed by atoms with E-state index in [-0.39, 0.29) is 19.0 Å². The topological polar surface area (TPSA) is 87.3 Å². The van der Waals surface area contributed by atoms with E-state index >= 15 is 0 Å². The SMILES string of the molecule is C#CCNC(=O)C(=O)NCc1ccccc1C(=O)NC1(c2cccc3cc(C)ccc23)CC1. The normalized spacial score (nSPS) is 13.6. The van der Waals surface area contributed by atoms with Crippen molar-refractivity contribution in [2.24, 2.45) is 0 Å². The Morgan fingerprint density at radius 1 is 0.970 bits per heavy atom. The Bertz CT molecular complexity index is 1290. The van der Waals surface area contributed by atoms with E-state index in [4.69, 9.17) is 6.42 Å². The molecule has 1 fully saturated rings. The number of amides is 3. The fourth-order valence-corrected chi connectivity index (χ4v) is 4.06. The van der Waals surface area contributed by atoms with Crippen molar-refractivity contribution in [3.63, 3.8) is 0 Å². The van der Waals surface area contributed by atoms with Gasteiger partial charge in [-0.2, -0.15) is 0 Å². The minimum atomic E-state index is -0.807. The molecule has 3 amide bonds. The van der Waals surface area contributed by atoms with E-state index in [0.717, 1.165) is 29.2 Å². The Balaban J connectivity index is 1.52. The number of aryl methyl sites for hydroxylation is 1. The summed E-state index contributed by atoms with van der Waals surface area (Å²) in [6.07, 6.45) is 6.81. The maximum Gasteiger partial charge on any atom is 0.310 e. The van der Waals surface area contributed by atoms with Crippen LogP contribution in [0.1, 0.15) is 39.9 Å². The van der Waals surface area contributed by atoms with Gasteiger partial charge in [-0.25, -0.2) is 0 Å². The van der Waals surface area contributed by atoms with Gasteiger partial charge in [-0.3, -0.25) is 14.4 Å². The van der Waals surface area contributed by atoms with Crippen LogP contribution in [0.3, 0.4) is 0 Å². The van der Waals surface area contributed by atoms with Gasteiger partial charge in [-0.1, -0.05) is 66.1 Å². The van der Waals surface area contributed by atoms with E-state index < -0.39 is 17.4 Å². The van der Waals surface area contributed by atoms with E-state index in [1.807, 2.05) is 6.07 Å². The summed E-state index contributed by atoms with van der Waals surface area (Å²) in [4.78, 5) is 37.0.